The van der Waals surface area contributed by atoms with E-state index < -0.39 is 11.7 Å². The van der Waals surface area contributed by atoms with E-state index in [1.807, 2.05) is 0 Å². The third-order valence-corrected chi connectivity index (χ3v) is 2.06. The lowest BCUT2D eigenvalue weighted by Gasteiger charge is -2.05. The molecule has 0 atom stereocenters. The number of allylic oxidation sites excluding steroid dienone is 3. The van der Waals surface area contributed by atoms with Crippen LogP contribution in [0.3, 0.4) is 0 Å². The van der Waals surface area contributed by atoms with Crippen LogP contribution in [0.4, 0.5) is 13.2 Å². The number of halogens is 3. The van der Waals surface area contributed by atoms with Gasteiger partial charge in [-0.05, 0) is 36.4 Å². The van der Waals surface area contributed by atoms with Crippen molar-refractivity contribution in [1.82, 2.24) is 0 Å². The molecule has 0 amide bonds. The molecule has 98 valence electrons. The molecule has 0 radical (unpaired) electrons. The average Bonchev–Trinajstić information content (AvgIpc) is 2.33. The first kappa shape index (κ1) is 14.7. The minimum absolute atomic E-state index is 0.127. The first-order valence-corrected chi connectivity index (χ1v) is 5.23. The summed E-state index contributed by atoms with van der Waals surface area (Å²) in [5.74, 6) is 5.19. The molecule has 0 heterocycles. The smallest absolute Gasteiger partial charge is 0.416 e. The molecule has 0 aromatic heterocycles. The summed E-state index contributed by atoms with van der Waals surface area (Å²) in [4.78, 5) is 0. The van der Waals surface area contributed by atoms with E-state index in [2.05, 4.69) is 25.0 Å². The van der Waals surface area contributed by atoms with Gasteiger partial charge in [0.05, 0.1) is 5.56 Å². The number of aliphatic hydroxyl groups is 1. The Morgan fingerprint density at radius 3 is 2.16 bits per heavy atom. The zero-order valence-electron chi connectivity index (χ0n) is 9.96. The average molecular weight is 264 g/mol. The third kappa shape index (κ3) is 5.17. The zero-order valence-corrected chi connectivity index (χ0v) is 9.96. The molecule has 1 N–H and O–H groups in total. The van der Waals surface area contributed by atoms with E-state index in [4.69, 9.17) is 5.11 Å². The predicted octanol–water partition coefficient (Wildman–Crippen LogP) is 4.24. The second-order valence-corrected chi connectivity index (χ2v) is 3.68. The van der Waals surface area contributed by atoms with Crippen molar-refractivity contribution in [2.75, 3.05) is 0 Å². The summed E-state index contributed by atoms with van der Waals surface area (Å²) in [5.41, 5.74) is 0.147. The van der Waals surface area contributed by atoms with Crippen LogP contribution in [-0.4, -0.2) is 5.11 Å². The number of hydrogen-bond acceptors (Lipinski definition) is 1. The summed E-state index contributed by atoms with van der Waals surface area (Å²) >= 11 is 0. The zero-order chi connectivity index (χ0) is 14.5. The van der Waals surface area contributed by atoms with E-state index in [9.17, 15) is 13.2 Å². The van der Waals surface area contributed by atoms with E-state index >= 15 is 0 Å². The highest BCUT2D eigenvalue weighted by Gasteiger charge is 2.29. The van der Waals surface area contributed by atoms with E-state index in [1.54, 1.807) is 0 Å². The van der Waals surface area contributed by atoms with Gasteiger partial charge in [0.2, 0.25) is 0 Å². The molecule has 19 heavy (non-hydrogen) atoms. The molecule has 0 aliphatic heterocycles. The SMILES string of the molecule is C=C(O)/C=C\C(=C)C#Cc1ccc(C(F)(F)F)cc1. The van der Waals surface area contributed by atoms with Crippen molar-refractivity contribution in [1.29, 1.82) is 0 Å². The van der Waals surface area contributed by atoms with Crippen LogP contribution >= 0.6 is 0 Å². The molecule has 0 saturated heterocycles. The van der Waals surface area contributed by atoms with Crippen molar-refractivity contribution in [3.05, 3.63) is 72.0 Å². The predicted molar refractivity (Wildman–Crippen MR) is 68.4 cm³/mol. The first-order valence-electron chi connectivity index (χ1n) is 5.23. The highest BCUT2D eigenvalue weighted by molar-refractivity contribution is 5.45. The molecule has 0 bridgehead atoms. The van der Waals surface area contributed by atoms with E-state index in [0.717, 1.165) is 12.1 Å². The number of rotatable bonds is 2. The van der Waals surface area contributed by atoms with Gasteiger partial charge in [-0.2, -0.15) is 13.2 Å². The number of aliphatic hydroxyl groups excluding tert-OH is 1. The van der Waals surface area contributed by atoms with Crippen molar-refractivity contribution >= 4 is 0 Å². The highest BCUT2D eigenvalue weighted by atomic mass is 19.4. The highest BCUT2D eigenvalue weighted by Crippen LogP contribution is 2.28. The van der Waals surface area contributed by atoms with Crippen LogP contribution in [0, 0.1) is 11.8 Å². The fourth-order valence-electron chi connectivity index (χ4n) is 1.13. The summed E-state index contributed by atoms with van der Waals surface area (Å²) in [5, 5.41) is 8.82. The first-order chi connectivity index (χ1) is 8.79. The Morgan fingerprint density at radius 2 is 1.68 bits per heavy atom. The van der Waals surface area contributed by atoms with Gasteiger partial charge in [-0.3, -0.25) is 0 Å². The van der Waals surface area contributed by atoms with Gasteiger partial charge in [-0.15, -0.1) is 0 Å². The maximum atomic E-state index is 12.3. The molecular weight excluding hydrogens is 253 g/mol. The normalized spacial score (nSPS) is 10.9. The summed E-state index contributed by atoms with van der Waals surface area (Å²) in [6.07, 6.45) is -1.57. The summed E-state index contributed by atoms with van der Waals surface area (Å²) in [6.45, 7) is 6.86. The monoisotopic (exact) mass is 264 g/mol. The summed E-state index contributed by atoms with van der Waals surface area (Å²) in [7, 11) is 0. The van der Waals surface area contributed by atoms with Crippen molar-refractivity contribution in [2.45, 2.75) is 6.18 Å². The fraction of sp³-hybridized carbons (Fsp3) is 0.0667. The van der Waals surface area contributed by atoms with Gasteiger partial charge in [0.15, 0.2) is 0 Å². The molecule has 4 heteroatoms. The van der Waals surface area contributed by atoms with Gasteiger partial charge >= 0.3 is 6.18 Å². The fourth-order valence-corrected chi connectivity index (χ4v) is 1.13. The Balaban J connectivity index is 2.80. The number of hydrogen-bond donors (Lipinski definition) is 1. The molecule has 0 fully saturated rings. The quantitative estimate of drug-likeness (QED) is 0.481. The maximum absolute atomic E-state index is 12.3. The van der Waals surface area contributed by atoms with Crippen molar-refractivity contribution in [3.63, 3.8) is 0 Å². The molecule has 0 saturated carbocycles. The van der Waals surface area contributed by atoms with Crippen LogP contribution < -0.4 is 0 Å². The van der Waals surface area contributed by atoms with E-state index in [-0.39, 0.29) is 5.76 Å². The van der Waals surface area contributed by atoms with Crippen molar-refractivity contribution in [3.8, 4) is 11.8 Å². The minimum atomic E-state index is -4.35. The van der Waals surface area contributed by atoms with Crippen LogP contribution in [-0.2, 0) is 6.18 Å². The standard InChI is InChI=1S/C15H11F3O/c1-11(3-5-12(2)19)4-6-13-7-9-14(10-8-13)15(16,17)18/h3,5,7-10,19H,1-2H2/b5-3-. The van der Waals surface area contributed by atoms with Gasteiger partial charge in [0, 0.05) is 11.1 Å². The van der Waals surface area contributed by atoms with Crippen LogP contribution in [0.25, 0.3) is 0 Å². The van der Waals surface area contributed by atoms with Gasteiger partial charge in [-0.25, -0.2) is 0 Å². The van der Waals surface area contributed by atoms with Gasteiger partial charge in [0.1, 0.15) is 5.76 Å². The van der Waals surface area contributed by atoms with E-state index in [0.29, 0.717) is 11.1 Å². The largest absolute Gasteiger partial charge is 0.509 e. The van der Waals surface area contributed by atoms with Crippen molar-refractivity contribution < 1.29 is 18.3 Å². The number of benzene rings is 1. The minimum Gasteiger partial charge on any atom is -0.509 e. The Morgan fingerprint density at radius 1 is 1.11 bits per heavy atom. The molecule has 1 aromatic carbocycles. The molecule has 0 spiro atoms. The lowest BCUT2D eigenvalue weighted by atomic mass is 10.1. The van der Waals surface area contributed by atoms with Crippen LogP contribution in [0.15, 0.2) is 60.9 Å². The second-order valence-electron chi connectivity index (χ2n) is 3.68. The Bertz CT molecular complexity index is 566. The second kappa shape index (κ2) is 5.96. The summed E-state index contributed by atoms with van der Waals surface area (Å²) in [6, 6.07) is 4.52. The molecule has 0 unspecified atom stereocenters. The molecule has 0 aliphatic rings. The molecule has 1 rings (SSSR count). The topological polar surface area (TPSA) is 20.2 Å². The van der Waals surface area contributed by atoms with Crippen LogP contribution in [0.1, 0.15) is 11.1 Å². The molecule has 0 aliphatic carbocycles. The van der Waals surface area contributed by atoms with Gasteiger partial charge < -0.3 is 5.11 Å². The molecule has 1 aromatic rings. The van der Waals surface area contributed by atoms with Crippen LogP contribution in [0.5, 0.6) is 0 Å². The number of alkyl halides is 3. The lowest BCUT2D eigenvalue weighted by molar-refractivity contribution is -0.137. The van der Waals surface area contributed by atoms with Crippen LogP contribution in [0.2, 0.25) is 0 Å². The van der Waals surface area contributed by atoms with Gasteiger partial charge in [0.25, 0.3) is 0 Å². The molecular formula is C15H11F3O. The Labute approximate surface area is 109 Å². The summed E-state index contributed by atoms with van der Waals surface area (Å²) < 4.78 is 37.0. The van der Waals surface area contributed by atoms with Gasteiger partial charge in [-0.1, -0.05) is 25.0 Å². The maximum Gasteiger partial charge on any atom is 0.416 e. The van der Waals surface area contributed by atoms with E-state index in [1.165, 1.54) is 24.3 Å². The lowest BCUT2D eigenvalue weighted by Crippen LogP contribution is -2.04. The third-order valence-electron chi connectivity index (χ3n) is 2.06. The van der Waals surface area contributed by atoms with Crippen molar-refractivity contribution in [2.24, 2.45) is 0 Å². The Kier molecular flexibility index (Phi) is 4.60. The Hall–Kier alpha value is -2.41. The molecule has 1 nitrogen and oxygen atoms in total.